The lowest BCUT2D eigenvalue weighted by atomic mass is 9.63. The molecule has 4 atom stereocenters. The van der Waals surface area contributed by atoms with Crippen LogP contribution in [0.15, 0.2) is 35.5 Å². The third-order valence-corrected chi connectivity index (χ3v) is 8.68. The van der Waals surface area contributed by atoms with Crippen LogP contribution in [-0.4, -0.2) is 52.6 Å². The zero-order valence-corrected chi connectivity index (χ0v) is 18.6. The van der Waals surface area contributed by atoms with Gasteiger partial charge in [0.25, 0.3) is 0 Å². The molecule has 0 aromatic rings. The number of alkyl halides is 3. The first-order valence-corrected chi connectivity index (χ1v) is 11.8. The van der Waals surface area contributed by atoms with Crippen LogP contribution in [-0.2, 0) is 0 Å². The molecule has 0 aromatic heterocycles. The molecule has 0 amide bonds. The third kappa shape index (κ3) is 4.40. The molecular formula is C25H36F3NO2. The summed E-state index contributed by atoms with van der Waals surface area (Å²) in [4.78, 5) is 1.75. The second-order valence-electron chi connectivity index (χ2n) is 10.7. The fourth-order valence-electron chi connectivity index (χ4n) is 6.55. The first kappa shape index (κ1) is 23.1. The van der Waals surface area contributed by atoms with Gasteiger partial charge in [-0.05, 0) is 87.2 Å². The van der Waals surface area contributed by atoms with Crippen LogP contribution < -0.4 is 0 Å². The minimum absolute atomic E-state index is 0.216. The quantitative estimate of drug-likeness (QED) is 0.595. The summed E-state index contributed by atoms with van der Waals surface area (Å²) >= 11 is 0. The van der Waals surface area contributed by atoms with Crippen LogP contribution in [0.1, 0.15) is 64.7 Å². The summed E-state index contributed by atoms with van der Waals surface area (Å²) in [5, 5.41) is 19.8. The van der Waals surface area contributed by atoms with E-state index in [-0.39, 0.29) is 18.5 Å². The number of allylic oxidation sites excluding steroid dienone is 3. The second-order valence-corrected chi connectivity index (χ2v) is 10.7. The predicted molar refractivity (Wildman–Crippen MR) is 115 cm³/mol. The van der Waals surface area contributed by atoms with Crippen molar-refractivity contribution in [3.8, 4) is 0 Å². The van der Waals surface area contributed by atoms with Crippen molar-refractivity contribution >= 4 is 0 Å². The summed E-state index contributed by atoms with van der Waals surface area (Å²) in [6.45, 7) is 6.37. The van der Waals surface area contributed by atoms with Gasteiger partial charge in [0.15, 0.2) is 5.60 Å². The molecule has 2 unspecified atom stereocenters. The van der Waals surface area contributed by atoms with Gasteiger partial charge >= 0.3 is 6.18 Å². The Morgan fingerprint density at radius 3 is 2.58 bits per heavy atom. The lowest BCUT2D eigenvalue weighted by molar-refractivity contribution is -0.301. The van der Waals surface area contributed by atoms with E-state index in [9.17, 15) is 23.4 Å². The highest BCUT2D eigenvalue weighted by Gasteiger charge is 2.60. The molecule has 0 spiro atoms. The Morgan fingerprint density at radius 2 is 1.90 bits per heavy atom. The number of likely N-dealkylation sites (tertiary alicyclic amines) is 1. The summed E-state index contributed by atoms with van der Waals surface area (Å²) < 4.78 is 38.6. The minimum Gasteiger partial charge on any atom is -0.388 e. The van der Waals surface area contributed by atoms with Crippen LogP contribution in [0.5, 0.6) is 0 Å². The first-order chi connectivity index (χ1) is 14.5. The Bertz CT molecular complexity index is 765. The lowest BCUT2D eigenvalue weighted by Crippen LogP contribution is -2.69. The van der Waals surface area contributed by atoms with Gasteiger partial charge in [-0.3, -0.25) is 4.90 Å². The zero-order valence-electron chi connectivity index (χ0n) is 18.6. The van der Waals surface area contributed by atoms with Crippen molar-refractivity contribution in [1.29, 1.82) is 0 Å². The van der Waals surface area contributed by atoms with E-state index in [4.69, 9.17) is 0 Å². The summed E-state index contributed by atoms with van der Waals surface area (Å²) in [6.07, 6.45) is 8.76. The summed E-state index contributed by atoms with van der Waals surface area (Å²) in [5.41, 5.74) is 1.45. The van der Waals surface area contributed by atoms with Crippen LogP contribution in [0.3, 0.4) is 0 Å². The van der Waals surface area contributed by atoms with Gasteiger partial charge in [0.1, 0.15) is 0 Å². The molecule has 2 N–H and O–H groups in total. The van der Waals surface area contributed by atoms with E-state index in [0.29, 0.717) is 24.8 Å². The summed E-state index contributed by atoms with van der Waals surface area (Å²) in [5.74, 6) is 1.07. The van der Waals surface area contributed by atoms with Crippen LogP contribution in [0.4, 0.5) is 13.2 Å². The zero-order chi connectivity index (χ0) is 22.4. The Balaban J connectivity index is 1.35. The Hall–Kier alpha value is -1.11. The molecule has 1 heterocycles. The van der Waals surface area contributed by atoms with Crippen molar-refractivity contribution in [2.24, 2.45) is 17.3 Å². The smallest absolute Gasteiger partial charge is 0.388 e. The van der Waals surface area contributed by atoms with Gasteiger partial charge in [-0.25, -0.2) is 0 Å². The predicted octanol–water partition coefficient (Wildman–Crippen LogP) is 5.16. The van der Waals surface area contributed by atoms with Gasteiger partial charge in [0, 0.05) is 13.1 Å². The maximum atomic E-state index is 12.9. The van der Waals surface area contributed by atoms with Crippen LogP contribution in [0.25, 0.3) is 0 Å². The first-order valence-electron chi connectivity index (χ1n) is 11.8. The molecule has 1 aliphatic heterocycles. The largest absolute Gasteiger partial charge is 0.419 e. The molecule has 3 nitrogen and oxygen atoms in total. The normalized spacial score (nSPS) is 39.0. The van der Waals surface area contributed by atoms with Gasteiger partial charge in [0.2, 0.25) is 0 Å². The number of β-amino-alcohol motifs (C(OH)–C–C–N with tert-alkyl or cyclic N) is 1. The molecular weight excluding hydrogens is 403 g/mol. The van der Waals surface area contributed by atoms with Gasteiger partial charge in [-0.1, -0.05) is 36.8 Å². The third-order valence-electron chi connectivity index (χ3n) is 8.68. The lowest BCUT2D eigenvalue weighted by Gasteiger charge is -2.48. The van der Waals surface area contributed by atoms with Crippen molar-refractivity contribution in [2.75, 3.05) is 19.6 Å². The molecule has 1 saturated heterocycles. The van der Waals surface area contributed by atoms with Crippen molar-refractivity contribution in [3.05, 3.63) is 35.5 Å². The summed E-state index contributed by atoms with van der Waals surface area (Å²) in [7, 11) is 0. The van der Waals surface area contributed by atoms with Gasteiger partial charge < -0.3 is 10.2 Å². The molecule has 4 fully saturated rings. The molecule has 0 aromatic carbocycles. The fraction of sp³-hybridized carbons (Fsp3) is 0.760. The average molecular weight is 440 g/mol. The fourth-order valence-corrected chi connectivity index (χ4v) is 6.55. The van der Waals surface area contributed by atoms with E-state index in [1.807, 2.05) is 0 Å². The second kappa shape index (κ2) is 8.35. The van der Waals surface area contributed by atoms with Crippen LogP contribution in [0, 0.1) is 17.3 Å². The molecule has 4 rings (SSSR count). The number of aliphatic hydroxyl groups is 2. The van der Waals surface area contributed by atoms with Gasteiger partial charge in [-0.2, -0.15) is 13.2 Å². The monoisotopic (exact) mass is 439 g/mol. The van der Waals surface area contributed by atoms with Gasteiger partial charge in [0.05, 0.1) is 6.10 Å². The average Bonchev–Trinajstić information content (AvgIpc) is 3.01. The number of aliphatic hydroxyl groups excluding tert-OH is 1. The number of nitrogens with zero attached hydrogens (tertiary/aromatic N) is 1. The van der Waals surface area contributed by atoms with Gasteiger partial charge in [-0.15, -0.1) is 0 Å². The van der Waals surface area contributed by atoms with E-state index in [1.165, 1.54) is 17.6 Å². The number of halogens is 3. The molecule has 0 radical (unpaired) electrons. The molecule has 3 aliphatic carbocycles. The molecule has 3 saturated carbocycles. The van der Waals surface area contributed by atoms with Crippen molar-refractivity contribution in [2.45, 2.75) is 82.6 Å². The van der Waals surface area contributed by atoms with E-state index < -0.39 is 17.9 Å². The highest BCUT2D eigenvalue weighted by molar-refractivity contribution is 5.27. The highest BCUT2D eigenvalue weighted by atomic mass is 19.4. The Morgan fingerprint density at radius 1 is 1.16 bits per heavy atom. The van der Waals surface area contributed by atoms with Crippen LogP contribution in [0.2, 0.25) is 0 Å². The van der Waals surface area contributed by atoms with Crippen LogP contribution >= 0.6 is 0 Å². The van der Waals surface area contributed by atoms with Crippen molar-refractivity contribution < 1.29 is 23.4 Å². The Kier molecular flexibility index (Phi) is 6.21. The topological polar surface area (TPSA) is 43.7 Å². The Labute approximate surface area is 183 Å². The highest BCUT2D eigenvalue weighted by Crippen LogP contribution is 2.58. The molecule has 0 bridgehead atoms. The van der Waals surface area contributed by atoms with E-state index in [1.54, 1.807) is 4.90 Å². The molecule has 6 heteroatoms. The standard InChI is InChI=1S/C25H36F3NO2/c1-17-5-6-18(14-22(17)30)7-8-19-4-3-12-23(2)20(9-10-21(19)23)11-13-29-15-24(31,16-29)25(26,27)28/h7-8,20-22,30-31H,1,3-6,9-16H2,2H3/b18-7-,19-8+/t20-,21?,22?,23-/m1/s1. The number of hydrogen-bond acceptors (Lipinski definition) is 3. The van der Waals surface area contributed by atoms with E-state index in [2.05, 4.69) is 25.7 Å². The molecule has 4 aliphatic rings. The molecule has 31 heavy (non-hydrogen) atoms. The summed E-state index contributed by atoms with van der Waals surface area (Å²) in [6, 6.07) is 0. The van der Waals surface area contributed by atoms with Crippen molar-refractivity contribution in [1.82, 2.24) is 4.90 Å². The molecule has 174 valence electrons. The number of hydrogen-bond donors (Lipinski definition) is 2. The maximum absolute atomic E-state index is 12.9. The van der Waals surface area contributed by atoms with E-state index in [0.717, 1.165) is 50.5 Å². The SMILES string of the molecule is C=C1CC/C(=C/C=C2\CCC[C@@]3(C)C2CC[C@@H]3CCN2CC(O)(C(F)(F)F)C2)CC1O. The van der Waals surface area contributed by atoms with E-state index >= 15 is 0 Å². The number of fused-ring (bicyclic) bond motifs is 1. The maximum Gasteiger partial charge on any atom is 0.419 e. The number of rotatable bonds is 4. The minimum atomic E-state index is -4.53. The van der Waals surface area contributed by atoms with Crippen molar-refractivity contribution in [3.63, 3.8) is 0 Å².